The predicted octanol–water partition coefficient (Wildman–Crippen LogP) is 3.33. The van der Waals surface area contributed by atoms with Gasteiger partial charge in [0.25, 0.3) is 0 Å². The summed E-state index contributed by atoms with van der Waals surface area (Å²) >= 11 is 3.66. The molecule has 0 aliphatic rings. The van der Waals surface area contributed by atoms with Crippen molar-refractivity contribution in [2.45, 2.75) is 32.2 Å². The molecule has 0 aliphatic carbocycles. The molecule has 0 saturated heterocycles. The third-order valence-corrected chi connectivity index (χ3v) is 3.95. The number of unbranched alkanes of at least 4 members (excludes halogenated alkanes) is 2. The molecule has 0 amide bonds. The van der Waals surface area contributed by atoms with Gasteiger partial charge in [0.2, 0.25) is 0 Å². The van der Waals surface area contributed by atoms with E-state index >= 15 is 0 Å². The van der Waals surface area contributed by atoms with E-state index in [1.54, 1.807) is 11.3 Å². The molecule has 1 aromatic heterocycles. The summed E-state index contributed by atoms with van der Waals surface area (Å²) in [5, 5.41) is 6.73. The van der Waals surface area contributed by atoms with E-state index in [-0.39, 0.29) is 0 Å². The number of rotatable bonds is 8. The minimum absolute atomic E-state index is 0.408. The van der Waals surface area contributed by atoms with Crippen LogP contribution in [0.4, 0.5) is 0 Å². The van der Waals surface area contributed by atoms with E-state index in [1.165, 1.54) is 30.0 Å². The van der Waals surface area contributed by atoms with E-state index in [0.29, 0.717) is 6.04 Å². The molecule has 1 N–H and O–H groups in total. The van der Waals surface area contributed by atoms with Crippen molar-refractivity contribution >= 4 is 23.1 Å². The van der Waals surface area contributed by atoms with Gasteiger partial charge in [-0.15, -0.1) is 11.3 Å². The highest BCUT2D eigenvalue weighted by molar-refractivity contribution is 7.98. The number of hydrogen-bond donors (Lipinski definition) is 1. The van der Waals surface area contributed by atoms with E-state index in [1.807, 2.05) is 23.3 Å². The number of hydrogen-bond acceptors (Lipinski definition) is 4. The second kappa shape index (κ2) is 8.13. The Balaban J connectivity index is 2.00. The Morgan fingerprint density at radius 2 is 2.33 bits per heavy atom. The lowest BCUT2D eigenvalue weighted by molar-refractivity contribution is 0.543. The molecule has 86 valence electrons. The topological polar surface area (TPSA) is 24.9 Å². The minimum Gasteiger partial charge on any atom is -0.308 e. The number of thioether (sulfide) groups is 1. The quantitative estimate of drug-likeness (QED) is 0.710. The molecule has 1 rings (SSSR count). The summed E-state index contributed by atoms with van der Waals surface area (Å²) < 4.78 is 0. The maximum atomic E-state index is 4.30. The van der Waals surface area contributed by atoms with Crippen LogP contribution in [0.5, 0.6) is 0 Å². The van der Waals surface area contributed by atoms with Gasteiger partial charge in [0, 0.05) is 11.6 Å². The molecule has 1 aromatic rings. The van der Waals surface area contributed by atoms with Gasteiger partial charge in [-0.05, 0) is 38.3 Å². The molecule has 15 heavy (non-hydrogen) atoms. The first-order chi connectivity index (χ1) is 7.34. The molecule has 0 spiro atoms. The molecule has 1 unspecified atom stereocenters. The lowest BCUT2D eigenvalue weighted by Gasteiger charge is -2.10. The van der Waals surface area contributed by atoms with Crippen molar-refractivity contribution in [3.63, 3.8) is 0 Å². The minimum atomic E-state index is 0.408. The van der Waals surface area contributed by atoms with Crippen molar-refractivity contribution < 1.29 is 0 Å². The fraction of sp³-hybridized carbons (Fsp3) is 0.727. The molecule has 0 bridgehead atoms. The van der Waals surface area contributed by atoms with Crippen molar-refractivity contribution in [3.8, 4) is 0 Å². The fourth-order valence-electron chi connectivity index (χ4n) is 1.40. The summed E-state index contributed by atoms with van der Waals surface area (Å²) in [6, 6.07) is 0.408. The van der Waals surface area contributed by atoms with Gasteiger partial charge in [-0.25, -0.2) is 4.98 Å². The largest absolute Gasteiger partial charge is 0.308 e. The van der Waals surface area contributed by atoms with Crippen LogP contribution in [0.1, 0.15) is 37.2 Å². The van der Waals surface area contributed by atoms with Crippen LogP contribution in [0.2, 0.25) is 0 Å². The van der Waals surface area contributed by atoms with Crippen LogP contribution in [-0.2, 0) is 0 Å². The van der Waals surface area contributed by atoms with Crippen LogP contribution >= 0.6 is 23.1 Å². The van der Waals surface area contributed by atoms with Gasteiger partial charge in [-0.3, -0.25) is 0 Å². The Kier molecular flexibility index (Phi) is 7.05. The Bertz CT molecular complexity index is 237. The normalized spacial score (nSPS) is 12.9. The molecular weight excluding hydrogens is 224 g/mol. The molecule has 4 heteroatoms. The maximum Gasteiger partial charge on any atom is 0.109 e. The molecule has 0 radical (unpaired) electrons. The highest BCUT2D eigenvalue weighted by atomic mass is 32.2. The fourth-order valence-corrected chi connectivity index (χ4v) is 2.57. The zero-order valence-corrected chi connectivity index (χ0v) is 11.2. The maximum absolute atomic E-state index is 4.30. The van der Waals surface area contributed by atoms with Crippen molar-refractivity contribution in [1.82, 2.24) is 10.3 Å². The van der Waals surface area contributed by atoms with Gasteiger partial charge in [0.05, 0.1) is 6.04 Å². The highest BCUT2D eigenvalue weighted by Gasteiger charge is 2.05. The van der Waals surface area contributed by atoms with E-state index in [4.69, 9.17) is 0 Å². The van der Waals surface area contributed by atoms with Crippen molar-refractivity contribution in [2.24, 2.45) is 0 Å². The summed E-state index contributed by atoms with van der Waals surface area (Å²) in [5.74, 6) is 1.29. The second-order valence-electron chi connectivity index (χ2n) is 3.60. The average Bonchev–Trinajstić information content (AvgIpc) is 2.76. The van der Waals surface area contributed by atoms with E-state index in [0.717, 1.165) is 6.54 Å². The molecule has 1 heterocycles. The monoisotopic (exact) mass is 244 g/mol. The Labute approximate surface area is 101 Å². The number of thiazole rings is 1. The highest BCUT2D eigenvalue weighted by Crippen LogP contribution is 2.14. The molecule has 2 nitrogen and oxygen atoms in total. The summed E-state index contributed by atoms with van der Waals surface area (Å²) in [5.41, 5.74) is 0. The zero-order valence-electron chi connectivity index (χ0n) is 9.53. The number of nitrogens with zero attached hydrogens (tertiary/aromatic N) is 1. The molecular formula is C11H20N2S2. The summed E-state index contributed by atoms with van der Waals surface area (Å²) in [6.07, 6.45) is 7.99. The first-order valence-corrected chi connectivity index (χ1v) is 7.73. The van der Waals surface area contributed by atoms with Crippen LogP contribution < -0.4 is 5.32 Å². The predicted molar refractivity (Wildman–Crippen MR) is 70.8 cm³/mol. The Hall–Kier alpha value is -0.0600. The SMILES string of the molecule is CSCCCCCNC(C)c1nccs1. The summed E-state index contributed by atoms with van der Waals surface area (Å²) in [6.45, 7) is 3.29. The average molecular weight is 244 g/mol. The Morgan fingerprint density at radius 3 is 3.00 bits per heavy atom. The number of nitrogens with one attached hydrogen (secondary N) is 1. The van der Waals surface area contributed by atoms with E-state index in [2.05, 4.69) is 23.5 Å². The molecule has 0 fully saturated rings. The van der Waals surface area contributed by atoms with Gasteiger partial charge in [0.15, 0.2) is 0 Å². The first kappa shape index (κ1) is 13.0. The zero-order chi connectivity index (χ0) is 10.9. The standard InChI is InChI=1S/C11H20N2S2/c1-10(11-13-7-9-15-11)12-6-4-3-5-8-14-2/h7,9-10,12H,3-6,8H2,1-2H3. The van der Waals surface area contributed by atoms with E-state index in [9.17, 15) is 0 Å². The van der Waals surface area contributed by atoms with Crippen LogP contribution in [-0.4, -0.2) is 23.5 Å². The number of aromatic nitrogens is 1. The molecule has 0 aromatic carbocycles. The lowest BCUT2D eigenvalue weighted by atomic mass is 10.2. The smallest absolute Gasteiger partial charge is 0.109 e. The van der Waals surface area contributed by atoms with Crippen LogP contribution in [0, 0.1) is 0 Å². The van der Waals surface area contributed by atoms with Gasteiger partial charge in [-0.1, -0.05) is 6.42 Å². The first-order valence-electron chi connectivity index (χ1n) is 5.46. The third-order valence-electron chi connectivity index (χ3n) is 2.30. The molecule has 1 atom stereocenters. The second-order valence-corrected chi connectivity index (χ2v) is 5.51. The summed E-state index contributed by atoms with van der Waals surface area (Å²) in [7, 11) is 0. The van der Waals surface area contributed by atoms with Gasteiger partial charge in [0.1, 0.15) is 5.01 Å². The van der Waals surface area contributed by atoms with Gasteiger partial charge >= 0.3 is 0 Å². The van der Waals surface area contributed by atoms with E-state index < -0.39 is 0 Å². The van der Waals surface area contributed by atoms with Gasteiger partial charge in [-0.2, -0.15) is 11.8 Å². The van der Waals surface area contributed by atoms with Crippen LogP contribution in [0.15, 0.2) is 11.6 Å². The molecule has 0 saturated carbocycles. The van der Waals surface area contributed by atoms with Crippen LogP contribution in [0.25, 0.3) is 0 Å². The van der Waals surface area contributed by atoms with Crippen molar-refractivity contribution in [1.29, 1.82) is 0 Å². The lowest BCUT2D eigenvalue weighted by Crippen LogP contribution is -2.19. The summed E-state index contributed by atoms with van der Waals surface area (Å²) in [4.78, 5) is 4.30. The van der Waals surface area contributed by atoms with Crippen molar-refractivity contribution in [3.05, 3.63) is 16.6 Å². The third kappa shape index (κ3) is 5.54. The van der Waals surface area contributed by atoms with Crippen LogP contribution in [0.3, 0.4) is 0 Å². The van der Waals surface area contributed by atoms with Gasteiger partial charge < -0.3 is 5.32 Å². The molecule has 0 aliphatic heterocycles. The Morgan fingerprint density at radius 1 is 1.47 bits per heavy atom. The van der Waals surface area contributed by atoms with Crippen molar-refractivity contribution in [2.75, 3.05) is 18.6 Å².